The van der Waals surface area contributed by atoms with Crippen LogP contribution in [0.15, 0.2) is 66.7 Å². The van der Waals surface area contributed by atoms with Crippen molar-refractivity contribution in [1.82, 2.24) is 9.55 Å². The maximum Gasteiger partial charge on any atom is 0.227 e. The fraction of sp³-hybridized carbons (Fsp3) is 0.310. The molecule has 0 saturated carbocycles. The second kappa shape index (κ2) is 10.5. The zero-order chi connectivity index (χ0) is 23.7. The molecule has 0 radical (unpaired) electrons. The Morgan fingerprint density at radius 1 is 1.00 bits per heavy atom. The number of amides is 1. The summed E-state index contributed by atoms with van der Waals surface area (Å²) in [4.78, 5) is 20.0. The minimum Gasteiger partial charge on any atom is -1.00 e. The van der Waals surface area contributed by atoms with Gasteiger partial charge in [-0.05, 0) is 67.3 Å². The van der Waals surface area contributed by atoms with E-state index in [9.17, 15) is 4.79 Å². The molecule has 0 aliphatic carbocycles. The summed E-state index contributed by atoms with van der Waals surface area (Å²) in [5.41, 5.74) is 6.66. The van der Waals surface area contributed by atoms with Crippen LogP contribution in [0.25, 0.3) is 11.0 Å². The molecule has 5 nitrogen and oxygen atoms in total. The average molecular weight is 489 g/mol. The monoisotopic (exact) mass is 488 g/mol. The normalized spacial score (nSPS) is 15.5. The maximum atomic E-state index is 13.1. The number of carbonyl (C=O) groups excluding carboxylic acids is 1. The van der Waals surface area contributed by atoms with Gasteiger partial charge in [-0.15, -0.1) is 0 Å². The number of aromatic nitrogens is 2. The largest absolute Gasteiger partial charge is 1.00 e. The van der Waals surface area contributed by atoms with E-state index in [0.29, 0.717) is 26.1 Å². The highest BCUT2D eigenvalue weighted by Crippen LogP contribution is 2.34. The van der Waals surface area contributed by atoms with Crippen LogP contribution in [0.4, 0.5) is 5.69 Å². The second-order valence-electron chi connectivity index (χ2n) is 9.17. The standard InChI is InChI=1S/C29H31N3O2.ClH/c1-4-22-9-5-7-11-26(22)32-19-23(18-28(32)33)29-30-25-10-6-8-12-27(25)31(29)13-14-34-24-16-20(2)15-21(3)17-24;/h5-12,15-17,23H,4,13-14,18-19H2,1-3H3;1H/p-1. The zero-order valence-corrected chi connectivity index (χ0v) is 21.3. The number of aryl methyl sites for hydroxylation is 3. The molecule has 1 saturated heterocycles. The number of rotatable bonds is 7. The highest BCUT2D eigenvalue weighted by molar-refractivity contribution is 5.97. The van der Waals surface area contributed by atoms with Crippen LogP contribution in [-0.2, 0) is 17.8 Å². The number of benzene rings is 3. The molecule has 1 fully saturated rings. The quantitative estimate of drug-likeness (QED) is 0.402. The van der Waals surface area contributed by atoms with Crippen molar-refractivity contribution in [1.29, 1.82) is 0 Å². The lowest BCUT2D eigenvalue weighted by molar-refractivity contribution is -0.117. The van der Waals surface area contributed by atoms with Gasteiger partial charge in [-0.25, -0.2) is 4.98 Å². The summed E-state index contributed by atoms with van der Waals surface area (Å²) in [6, 6.07) is 22.7. The molecule has 1 unspecified atom stereocenters. The van der Waals surface area contributed by atoms with Crippen LogP contribution >= 0.6 is 0 Å². The van der Waals surface area contributed by atoms with Gasteiger partial charge in [0.2, 0.25) is 5.91 Å². The van der Waals surface area contributed by atoms with Crippen molar-refractivity contribution >= 4 is 22.6 Å². The molecule has 1 aromatic heterocycles. The van der Waals surface area contributed by atoms with Crippen molar-refractivity contribution in [3.8, 4) is 5.75 Å². The van der Waals surface area contributed by atoms with E-state index < -0.39 is 0 Å². The Bertz CT molecular complexity index is 1330. The van der Waals surface area contributed by atoms with Crippen molar-refractivity contribution in [2.24, 2.45) is 0 Å². The summed E-state index contributed by atoms with van der Waals surface area (Å²) in [7, 11) is 0. The summed E-state index contributed by atoms with van der Waals surface area (Å²) in [5, 5.41) is 0. The smallest absolute Gasteiger partial charge is 0.227 e. The number of nitrogens with zero attached hydrogens (tertiary/aromatic N) is 3. The van der Waals surface area contributed by atoms with Crippen LogP contribution in [0.2, 0.25) is 0 Å². The van der Waals surface area contributed by atoms with Gasteiger partial charge in [0.05, 0.1) is 17.6 Å². The lowest BCUT2D eigenvalue weighted by Gasteiger charge is -2.20. The van der Waals surface area contributed by atoms with Gasteiger partial charge >= 0.3 is 0 Å². The van der Waals surface area contributed by atoms with Crippen molar-refractivity contribution in [2.75, 3.05) is 18.1 Å². The van der Waals surface area contributed by atoms with E-state index in [2.05, 4.69) is 61.7 Å². The van der Waals surface area contributed by atoms with Crippen LogP contribution in [-0.4, -0.2) is 28.6 Å². The van der Waals surface area contributed by atoms with Gasteiger partial charge in [-0.3, -0.25) is 4.79 Å². The van der Waals surface area contributed by atoms with Gasteiger partial charge in [0.1, 0.15) is 18.2 Å². The first-order valence-electron chi connectivity index (χ1n) is 12.1. The molecule has 1 atom stereocenters. The molecule has 0 bridgehead atoms. The molecule has 0 spiro atoms. The minimum atomic E-state index is 0. The average Bonchev–Trinajstić information content (AvgIpc) is 3.39. The SMILES string of the molecule is CCc1ccccc1N1CC(c2nc3ccccc3n2CCOc2cc(C)cc(C)c2)CC1=O.[Cl-]. The molecule has 1 aliphatic rings. The molecule has 182 valence electrons. The van der Waals surface area contributed by atoms with Crippen LogP contribution in [0, 0.1) is 13.8 Å². The van der Waals surface area contributed by atoms with E-state index >= 15 is 0 Å². The van der Waals surface area contributed by atoms with E-state index in [-0.39, 0.29) is 24.2 Å². The van der Waals surface area contributed by atoms with Crippen LogP contribution in [0.5, 0.6) is 5.75 Å². The lowest BCUT2D eigenvalue weighted by atomic mass is 10.1. The van der Waals surface area contributed by atoms with Crippen LogP contribution in [0.3, 0.4) is 0 Å². The molecule has 1 aliphatic heterocycles. The highest BCUT2D eigenvalue weighted by Gasteiger charge is 2.35. The Balaban J connectivity index is 0.00000289. The van der Waals surface area contributed by atoms with E-state index in [1.165, 1.54) is 16.7 Å². The van der Waals surface area contributed by atoms with Gasteiger partial charge < -0.3 is 26.6 Å². The Kier molecular flexibility index (Phi) is 7.46. The second-order valence-corrected chi connectivity index (χ2v) is 9.17. The number of ether oxygens (including phenoxy) is 1. The Hall–Kier alpha value is -3.31. The topological polar surface area (TPSA) is 47.4 Å². The van der Waals surface area contributed by atoms with Gasteiger partial charge in [0, 0.05) is 24.6 Å². The predicted molar refractivity (Wildman–Crippen MR) is 137 cm³/mol. The fourth-order valence-corrected chi connectivity index (χ4v) is 5.10. The number of fused-ring (bicyclic) bond motifs is 1. The Labute approximate surface area is 213 Å². The molecule has 0 N–H and O–H groups in total. The van der Waals surface area contributed by atoms with Crippen molar-refractivity contribution in [2.45, 2.75) is 46.1 Å². The number of anilines is 1. The number of halogens is 1. The van der Waals surface area contributed by atoms with Gasteiger partial charge in [0.25, 0.3) is 0 Å². The third-order valence-corrected chi connectivity index (χ3v) is 6.62. The summed E-state index contributed by atoms with van der Waals surface area (Å²) >= 11 is 0. The van der Waals surface area contributed by atoms with Crippen molar-refractivity contribution in [3.05, 3.63) is 89.2 Å². The number of imidazole rings is 1. The van der Waals surface area contributed by atoms with E-state index in [1.807, 2.05) is 35.2 Å². The van der Waals surface area contributed by atoms with Crippen LogP contribution in [0.1, 0.15) is 41.8 Å². The molecule has 35 heavy (non-hydrogen) atoms. The third kappa shape index (κ3) is 5.06. The Morgan fingerprint density at radius 3 is 2.49 bits per heavy atom. The van der Waals surface area contributed by atoms with E-state index in [1.54, 1.807) is 0 Å². The molecule has 3 aromatic carbocycles. The first-order valence-corrected chi connectivity index (χ1v) is 12.1. The predicted octanol–water partition coefficient (Wildman–Crippen LogP) is 2.82. The van der Waals surface area contributed by atoms with E-state index in [4.69, 9.17) is 9.72 Å². The van der Waals surface area contributed by atoms with Crippen molar-refractivity contribution < 1.29 is 21.9 Å². The zero-order valence-electron chi connectivity index (χ0n) is 20.5. The molecule has 1 amide bonds. The molecule has 4 aromatic rings. The molecule has 6 heteroatoms. The highest BCUT2D eigenvalue weighted by atomic mass is 35.5. The molecular weight excluding hydrogens is 458 g/mol. The fourth-order valence-electron chi connectivity index (χ4n) is 5.10. The van der Waals surface area contributed by atoms with Gasteiger partial charge in [-0.1, -0.05) is 43.3 Å². The van der Waals surface area contributed by atoms with Gasteiger partial charge in [0.15, 0.2) is 0 Å². The Morgan fingerprint density at radius 2 is 1.71 bits per heavy atom. The summed E-state index contributed by atoms with van der Waals surface area (Å²) in [5.74, 6) is 2.07. The van der Waals surface area contributed by atoms with Gasteiger partial charge in [-0.2, -0.15) is 0 Å². The molecular formula is C29H31ClN3O2-. The van der Waals surface area contributed by atoms with Crippen LogP contribution < -0.4 is 22.0 Å². The van der Waals surface area contributed by atoms with Crippen molar-refractivity contribution in [3.63, 3.8) is 0 Å². The number of hydrogen-bond acceptors (Lipinski definition) is 3. The first kappa shape index (κ1) is 24.8. The summed E-state index contributed by atoms with van der Waals surface area (Å²) in [6.07, 6.45) is 1.37. The first-order chi connectivity index (χ1) is 16.5. The maximum absolute atomic E-state index is 13.1. The number of hydrogen-bond donors (Lipinski definition) is 0. The summed E-state index contributed by atoms with van der Waals surface area (Å²) in [6.45, 7) is 8.17. The minimum absolute atomic E-state index is 0. The number of para-hydroxylation sites is 3. The molecule has 2 heterocycles. The lowest BCUT2D eigenvalue weighted by Crippen LogP contribution is -3.00. The summed E-state index contributed by atoms with van der Waals surface area (Å²) < 4.78 is 8.36. The molecule has 5 rings (SSSR count). The van der Waals surface area contributed by atoms with E-state index in [0.717, 1.165) is 34.7 Å². The third-order valence-electron chi connectivity index (χ3n) is 6.62. The number of carbonyl (C=O) groups is 1.